The second-order valence-corrected chi connectivity index (χ2v) is 5.35. The highest BCUT2D eigenvalue weighted by Gasteiger charge is 2.13. The van der Waals surface area contributed by atoms with Crippen LogP contribution in [0.25, 0.3) is 0 Å². The zero-order valence-corrected chi connectivity index (χ0v) is 11.8. The molecular formula is C15H24N2O2. The molecule has 0 saturated carbocycles. The Balaban J connectivity index is 1.68. The molecule has 0 spiro atoms. The first kappa shape index (κ1) is 14.1. The van der Waals surface area contributed by atoms with E-state index in [0.717, 1.165) is 19.5 Å². The normalized spacial score (nSPS) is 17.1. The molecule has 2 heterocycles. The molecule has 4 nitrogen and oxygen atoms in total. The van der Waals surface area contributed by atoms with Crippen LogP contribution in [-0.4, -0.2) is 48.9 Å². The first-order chi connectivity index (χ1) is 9.27. The van der Waals surface area contributed by atoms with Gasteiger partial charge in [0.2, 0.25) is 0 Å². The maximum atomic E-state index is 12.0. The van der Waals surface area contributed by atoms with E-state index < -0.39 is 0 Å². The lowest BCUT2D eigenvalue weighted by Crippen LogP contribution is -2.32. The molecule has 1 aromatic rings. The van der Waals surface area contributed by atoms with Crippen LogP contribution in [0.15, 0.2) is 23.0 Å². The fraction of sp³-hybridized carbons (Fsp3) is 0.667. The van der Waals surface area contributed by atoms with Crippen LogP contribution in [0.5, 0.6) is 0 Å². The van der Waals surface area contributed by atoms with E-state index in [4.69, 9.17) is 4.42 Å². The molecule has 0 aromatic carbocycles. The number of amides is 1. The lowest BCUT2D eigenvalue weighted by atomic mass is 10.2. The average Bonchev–Trinajstić information content (AvgIpc) is 2.83. The van der Waals surface area contributed by atoms with Gasteiger partial charge >= 0.3 is 0 Å². The molecule has 2 rings (SSSR count). The molecular weight excluding hydrogens is 240 g/mol. The quantitative estimate of drug-likeness (QED) is 0.820. The minimum absolute atomic E-state index is 0.0459. The van der Waals surface area contributed by atoms with Crippen molar-refractivity contribution in [2.75, 3.05) is 33.2 Å². The van der Waals surface area contributed by atoms with Crippen molar-refractivity contribution in [1.82, 2.24) is 9.80 Å². The van der Waals surface area contributed by atoms with Crippen LogP contribution in [0, 0.1) is 0 Å². The zero-order chi connectivity index (χ0) is 13.5. The molecule has 0 radical (unpaired) electrons. The van der Waals surface area contributed by atoms with Gasteiger partial charge in [0, 0.05) is 13.6 Å². The van der Waals surface area contributed by atoms with Gasteiger partial charge in [0.05, 0.1) is 11.8 Å². The van der Waals surface area contributed by atoms with E-state index in [1.165, 1.54) is 51.3 Å². The SMILES string of the molecule is CN(CCCN1CCCCCC1)C(=O)c1ccoc1. The molecule has 1 amide bonds. The second-order valence-electron chi connectivity index (χ2n) is 5.35. The summed E-state index contributed by atoms with van der Waals surface area (Å²) in [5.74, 6) is 0.0459. The minimum atomic E-state index is 0.0459. The molecule has 0 atom stereocenters. The van der Waals surface area contributed by atoms with E-state index in [1.807, 2.05) is 7.05 Å². The molecule has 0 bridgehead atoms. The molecule has 4 heteroatoms. The van der Waals surface area contributed by atoms with Crippen LogP contribution in [0.2, 0.25) is 0 Å². The monoisotopic (exact) mass is 264 g/mol. The summed E-state index contributed by atoms with van der Waals surface area (Å²) in [6.45, 7) is 4.35. The van der Waals surface area contributed by atoms with Gasteiger partial charge in [-0.25, -0.2) is 0 Å². The second kappa shape index (κ2) is 7.34. The summed E-state index contributed by atoms with van der Waals surface area (Å²) in [4.78, 5) is 16.3. The van der Waals surface area contributed by atoms with E-state index in [0.29, 0.717) is 5.56 Å². The van der Waals surface area contributed by atoms with Gasteiger partial charge in [-0.05, 0) is 45.0 Å². The molecule has 1 fully saturated rings. The van der Waals surface area contributed by atoms with Gasteiger partial charge in [-0.3, -0.25) is 4.79 Å². The highest BCUT2D eigenvalue weighted by Crippen LogP contribution is 2.10. The molecule has 0 unspecified atom stereocenters. The Morgan fingerprint density at radius 3 is 2.68 bits per heavy atom. The molecule has 106 valence electrons. The first-order valence-corrected chi connectivity index (χ1v) is 7.27. The maximum absolute atomic E-state index is 12.0. The van der Waals surface area contributed by atoms with Gasteiger partial charge in [-0.15, -0.1) is 0 Å². The summed E-state index contributed by atoms with van der Waals surface area (Å²) in [7, 11) is 1.86. The van der Waals surface area contributed by atoms with Crippen LogP contribution < -0.4 is 0 Å². The number of hydrogen-bond donors (Lipinski definition) is 0. The van der Waals surface area contributed by atoms with Crippen LogP contribution in [0.3, 0.4) is 0 Å². The van der Waals surface area contributed by atoms with Crippen LogP contribution in [0.4, 0.5) is 0 Å². The summed E-state index contributed by atoms with van der Waals surface area (Å²) in [5, 5.41) is 0. The van der Waals surface area contributed by atoms with E-state index in [-0.39, 0.29) is 5.91 Å². The lowest BCUT2D eigenvalue weighted by molar-refractivity contribution is 0.0788. The summed E-state index contributed by atoms with van der Waals surface area (Å²) in [6, 6.07) is 1.72. The summed E-state index contributed by atoms with van der Waals surface area (Å²) in [5.41, 5.74) is 0.636. The maximum Gasteiger partial charge on any atom is 0.256 e. The van der Waals surface area contributed by atoms with Crippen LogP contribution in [0.1, 0.15) is 42.5 Å². The van der Waals surface area contributed by atoms with Crippen molar-refractivity contribution in [1.29, 1.82) is 0 Å². The largest absolute Gasteiger partial charge is 0.472 e. The van der Waals surface area contributed by atoms with Crippen LogP contribution >= 0.6 is 0 Å². The van der Waals surface area contributed by atoms with Gasteiger partial charge in [0.15, 0.2) is 0 Å². The molecule has 1 aromatic heterocycles. The number of carbonyl (C=O) groups excluding carboxylic acids is 1. The molecule has 1 aliphatic heterocycles. The Labute approximate surface area is 115 Å². The van der Waals surface area contributed by atoms with Gasteiger partial charge in [0.1, 0.15) is 6.26 Å². The zero-order valence-electron chi connectivity index (χ0n) is 11.8. The van der Waals surface area contributed by atoms with E-state index >= 15 is 0 Å². The third-order valence-electron chi connectivity index (χ3n) is 3.78. The first-order valence-electron chi connectivity index (χ1n) is 7.27. The Morgan fingerprint density at radius 1 is 1.32 bits per heavy atom. The highest BCUT2D eigenvalue weighted by atomic mass is 16.3. The Morgan fingerprint density at radius 2 is 2.05 bits per heavy atom. The van der Waals surface area contributed by atoms with Gasteiger partial charge in [0.25, 0.3) is 5.91 Å². The summed E-state index contributed by atoms with van der Waals surface area (Å²) < 4.78 is 4.94. The van der Waals surface area contributed by atoms with Gasteiger partial charge in [-0.2, -0.15) is 0 Å². The van der Waals surface area contributed by atoms with Crippen molar-refractivity contribution in [3.05, 3.63) is 24.2 Å². The molecule has 0 N–H and O–H groups in total. The number of rotatable bonds is 5. The molecule has 1 saturated heterocycles. The summed E-state index contributed by atoms with van der Waals surface area (Å²) >= 11 is 0. The van der Waals surface area contributed by atoms with Crippen molar-refractivity contribution in [2.24, 2.45) is 0 Å². The third kappa shape index (κ3) is 4.39. The molecule has 0 aliphatic carbocycles. The third-order valence-corrected chi connectivity index (χ3v) is 3.78. The van der Waals surface area contributed by atoms with Crippen molar-refractivity contribution >= 4 is 5.91 Å². The fourth-order valence-corrected chi connectivity index (χ4v) is 2.60. The standard InChI is InChI=1S/C15H24N2O2/c1-16(15(18)14-7-12-19-13-14)8-6-11-17-9-4-2-3-5-10-17/h7,12-13H,2-6,8-11H2,1H3. The Hall–Kier alpha value is -1.29. The molecule has 19 heavy (non-hydrogen) atoms. The topological polar surface area (TPSA) is 36.7 Å². The smallest absolute Gasteiger partial charge is 0.256 e. The lowest BCUT2D eigenvalue weighted by Gasteiger charge is -2.22. The van der Waals surface area contributed by atoms with Crippen molar-refractivity contribution in [3.63, 3.8) is 0 Å². The number of likely N-dealkylation sites (tertiary alicyclic amines) is 1. The van der Waals surface area contributed by atoms with Crippen LogP contribution in [-0.2, 0) is 0 Å². The van der Waals surface area contributed by atoms with E-state index in [2.05, 4.69) is 4.90 Å². The van der Waals surface area contributed by atoms with E-state index in [9.17, 15) is 4.79 Å². The van der Waals surface area contributed by atoms with Crippen molar-refractivity contribution < 1.29 is 9.21 Å². The van der Waals surface area contributed by atoms with Gasteiger partial charge in [-0.1, -0.05) is 12.8 Å². The molecule has 1 aliphatic rings. The van der Waals surface area contributed by atoms with Crippen molar-refractivity contribution in [2.45, 2.75) is 32.1 Å². The summed E-state index contributed by atoms with van der Waals surface area (Å²) in [6.07, 6.45) is 9.48. The number of furan rings is 1. The number of hydrogen-bond acceptors (Lipinski definition) is 3. The van der Waals surface area contributed by atoms with Gasteiger partial charge < -0.3 is 14.2 Å². The fourth-order valence-electron chi connectivity index (χ4n) is 2.60. The van der Waals surface area contributed by atoms with E-state index in [1.54, 1.807) is 11.0 Å². The average molecular weight is 264 g/mol. The predicted octanol–water partition coefficient (Wildman–Crippen LogP) is 2.62. The Bertz CT molecular complexity index is 368. The predicted molar refractivity (Wildman–Crippen MR) is 75.2 cm³/mol. The van der Waals surface area contributed by atoms with Crippen molar-refractivity contribution in [3.8, 4) is 0 Å². The number of nitrogens with zero attached hydrogens (tertiary/aromatic N) is 2. The minimum Gasteiger partial charge on any atom is -0.472 e. The highest BCUT2D eigenvalue weighted by molar-refractivity contribution is 5.93. The Kier molecular flexibility index (Phi) is 5.45. The number of carbonyl (C=O) groups is 1.